The van der Waals surface area contributed by atoms with Gasteiger partial charge in [0.25, 0.3) is 0 Å². The summed E-state index contributed by atoms with van der Waals surface area (Å²) in [4.78, 5) is 8.79. The number of aromatic nitrogens is 2. The van der Waals surface area contributed by atoms with E-state index in [1.807, 2.05) is 0 Å². The van der Waals surface area contributed by atoms with E-state index in [4.69, 9.17) is 11.6 Å². The first-order valence-electron chi connectivity index (χ1n) is 8.32. The summed E-state index contributed by atoms with van der Waals surface area (Å²) in [5.41, 5.74) is 1.32. The molecule has 0 radical (unpaired) electrons. The molecule has 0 saturated heterocycles. The van der Waals surface area contributed by atoms with Gasteiger partial charge >= 0.3 is 6.36 Å². The fourth-order valence-corrected chi connectivity index (χ4v) is 2.60. The molecular formula is C17H18ClF3N4O2. The fraction of sp³-hybridized carbons (Fsp3) is 0.412. The molecule has 1 aromatic heterocycles. The Morgan fingerprint density at radius 1 is 1.30 bits per heavy atom. The quantitative estimate of drug-likeness (QED) is 0.635. The van der Waals surface area contributed by atoms with Crippen LogP contribution in [0.1, 0.15) is 31.4 Å². The zero-order chi connectivity index (χ0) is 19.6. The molecule has 1 aromatic carbocycles. The van der Waals surface area contributed by atoms with Crippen LogP contribution in [0.4, 0.5) is 30.6 Å². The van der Waals surface area contributed by atoms with E-state index >= 15 is 0 Å². The molecule has 1 aliphatic rings. The Bertz CT molecular complexity index is 815. The van der Waals surface area contributed by atoms with Gasteiger partial charge in [-0.2, -0.15) is 4.98 Å². The van der Waals surface area contributed by atoms with Crippen LogP contribution in [0.25, 0.3) is 0 Å². The molecule has 3 N–H and O–H groups in total. The summed E-state index contributed by atoms with van der Waals surface area (Å²) < 4.78 is 40.9. The lowest BCUT2D eigenvalue weighted by Crippen LogP contribution is -2.21. The highest BCUT2D eigenvalue weighted by atomic mass is 35.5. The van der Waals surface area contributed by atoms with E-state index in [9.17, 15) is 18.3 Å². The van der Waals surface area contributed by atoms with E-state index in [0.717, 1.165) is 24.6 Å². The van der Waals surface area contributed by atoms with Gasteiger partial charge in [-0.25, -0.2) is 4.98 Å². The molecule has 0 aliphatic heterocycles. The minimum Gasteiger partial charge on any atom is -0.404 e. The topological polar surface area (TPSA) is 79.3 Å². The summed E-state index contributed by atoms with van der Waals surface area (Å²) in [6, 6.07) is 5.44. The lowest BCUT2D eigenvalue weighted by atomic mass is 10.2. The third-order valence-corrected chi connectivity index (χ3v) is 4.12. The average molecular weight is 403 g/mol. The van der Waals surface area contributed by atoms with Gasteiger partial charge in [0.05, 0.1) is 17.3 Å². The highest BCUT2D eigenvalue weighted by Crippen LogP contribution is 2.40. The number of benzene rings is 1. The van der Waals surface area contributed by atoms with Crippen LogP contribution in [0.15, 0.2) is 24.3 Å². The molecule has 6 nitrogen and oxygen atoms in total. The van der Waals surface area contributed by atoms with Crippen LogP contribution in [0, 0.1) is 0 Å². The molecule has 0 unspecified atom stereocenters. The number of hydrogen-bond acceptors (Lipinski definition) is 6. The molecule has 10 heteroatoms. The van der Waals surface area contributed by atoms with Crippen molar-refractivity contribution in [1.82, 2.24) is 9.97 Å². The summed E-state index contributed by atoms with van der Waals surface area (Å²) in [6.45, 7) is 1.72. The number of aliphatic hydroxyl groups is 1. The molecule has 0 bridgehead atoms. The van der Waals surface area contributed by atoms with E-state index in [1.54, 1.807) is 13.0 Å². The Morgan fingerprint density at radius 2 is 2.04 bits per heavy atom. The Balaban J connectivity index is 1.81. The second-order valence-corrected chi connectivity index (χ2v) is 6.73. The van der Waals surface area contributed by atoms with Crippen LogP contribution >= 0.6 is 11.6 Å². The average Bonchev–Trinajstić information content (AvgIpc) is 3.41. The van der Waals surface area contributed by atoms with Crippen LogP contribution in [-0.2, 0) is 0 Å². The Labute approximate surface area is 158 Å². The number of halogens is 4. The molecule has 3 rings (SSSR count). The Hall–Kier alpha value is -2.26. The van der Waals surface area contributed by atoms with Gasteiger partial charge in [-0.3, -0.25) is 0 Å². The zero-order valence-corrected chi connectivity index (χ0v) is 15.1. The maximum Gasteiger partial charge on any atom is 0.573 e. The standard InChI is InChI=1S/C17H18ClF3N4O2/c1-9(8-26)22-16-24-13(10-2-3-10)7-15(25-16)23-11-4-5-14(12(18)6-11)27-17(19,20)21/h4-7,9-10,26H,2-3,8H2,1H3,(H2,22,23,24,25)/t9-/m1/s1. The third kappa shape index (κ3) is 5.61. The SMILES string of the molecule is C[C@H](CO)Nc1nc(Nc2ccc(OC(F)(F)F)c(Cl)c2)cc(C2CC2)n1. The van der Waals surface area contributed by atoms with Crippen molar-refractivity contribution in [2.75, 3.05) is 17.2 Å². The summed E-state index contributed by atoms with van der Waals surface area (Å²) in [7, 11) is 0. The largest absolute Gasteiger partial charge is 0.573 e. The molecule has 1 saturated carbocycles. The van der Waals surface area contributed by atoms with Crippen LogP contribution in [0.2, 0.25) is 5.02 Å². The maximum atomic E-state index is 12.3. The second-order valence-electron chi connectivity index (χ2n) is 6.32. The number of anilines is 3. The zero-order valence-electron chi connectivity index (χ0n) is 14.3. The minimum atomic E-state index is -4.81. The highest BCUT2D eigenvalue weighted by Gasteiger charge is 2.32. The van der Waals surface area contributed by atoms with Crippen molar-refractivity contribution in [2.45, 2.75) is 38.1 Å². The van der Waals surface area contributed by atoms with Gasteiger partial charge in [0.2, 0.25) is 5.95 Å². The maximum absolute atomic E-state index is 12.3. The number of ether oxygens (including phenoxy) is 1. The van der Waals surface area contributed by atoms with Crippen LogP contribution in [-0.4, -0.2) is 34.1 Å². The number of hydrogen-bond donors (Lipinski definition) is 3. The molecule has 1 aliphatic carbocycles. The van der Waals surface area contributed by atoms with E-state index in [2.05, 4.69) is 25.3 Å². The smallest absolute Gasteiger partial charge is 0.404 e. The van der Waals surface area contributed by atoms with Crippen molar-refractivity contribution in [3.05, 3.63) is 35.0 Å². The van der Waals surface area contributed by atoms with E-state index in [1.165, 1.54) is 12.1 Å². The highest BCUT2D eigenvalue weighted by molar-refractivity contribution is 6.32. The first-order valence-corrected chi connectivity index (χ1v) is 8.70. The monoisotopic (exact) mass is 402 g/mol. The van der Waals surface area contributed by atoms with E-state index in [0.29, 0.717) is 23.4 Å². The van der Waals surface area contributed by atoms with Crippen LogP contribution in [0.5, 0.6) is 5.75 Å². The summed E-state index contributed by atoms with van der Waals surface area (Å²) in [5.74, 6) is 0.728. The van der Waals surface area contributed by atoms with Gasteiger partial charge in [-0.1, -0.05) is 11.6 Å². The van der Waals surface area contributed by atoms with Gasteiger partial charge in [0.15, 0.2) is 0 Å². The number of alkyl halides is 3. The molecule has 1 fully saturated rings. The normalized spacial score (nSPS) is 15.3. The summed E-state index contributed by atoms with van der Waals surface area (Å²) in [5, 5.41) is 15.0. The van der Waals surface area contributed by atoms with Crippen molar-refractivity contribution >= 4 is 29.1 Å². The van der Waals surface area contributed by atoms with Gasteiger partial charge in [-0.15, -0.1) is 13.2 Å². The van der Waals surface area contributed by atoms with Gasteiger partial charge in [0, 0.05) is 23.7 Å². The first-order chi connectivity index (χ1) is 12.7. The first kappa shape index (κ1) is 19.5. The second kappa shape index (κ2) is 7.77. The molecule has 0 amide bonds. The molecule has 0 spiro atoms. The number of nitrogens with zero attached hydrogens (tertiary/aromatic N) is 2. The number of nitrogens with one attached hydrogen (secondary N) is 2. The van der Waals surface area contributed by atoms with Crippen molar-refractivity contribution in [2.24, 2.45) is 0 Å². The van der Waals surface area contributed by atoms with Crippen LogP contribution < -0.4 is 15.4 Å². The van der Waals surface area contributed by atoms with Crippen molar-refractivity contribution in [3.8, 4) is 5.75 Å². The molecule has 1 atom stereocenters. The van der Waals surface area contributed by atoms with Crippen molar-refractivity contribution < 1.29 is 23.0 Å². The Morgan fingerprint density at radius 3 is 2.63 bits per heavy atom. The number of rotatable bonds is 7. The summed E-state index contributed by atoms with van der Waals surface area (Å²) >= 11 is 5.87. The van der Waals surface area contributed by atoms with Gasteiger partial charge in [0.1, 0.15) is 11.6 Å². The minimum absolute atomic E-state index is 0.0734. The predicted octanol–water partition coefficient (Wildman–Crippen LogP) is 4.44. The molecule has 27 heavy (non-hydrogen) atoms. The lowest BCUT2D eigenvalue weighted by molar-refractivity contribution is -0.274. The molecular weight excluding hydrogens is 385 g/mol. The number of aliphatic hydroxyl groups excluding tert-OH is 1. The third-order valence-electron chi connectivity index (χ3n) is 3.82. The molecule has 2 aromatic rings. The van der Waals surface area contributed by atoms with Crippen molar-refractivity contribution in [3.63, 3.8) is 0 Å². The fourth-order valence-electron chi connectivity index (χ4n) is 2.38. The predicted molar refractivity (Wildman–Crippen MR) is 95.6 cm³/mol. The van der Waals surface area contributed by atoms with Crippen LogP contribution in [0.3, 0.4) is 0 Å². The summed E-state index contributed by atoms with van der Waals surface area (Å²) in [6.07, 6.45) is -2.73. The van der Waals surface area contributed by atoms with Crippen molar-refractivity contribution in [1.29, 1.82) is 0 Å². The van der Waals surface area contributed by atoms with Gasteiger partial charge in [-0.05, 0) is 38.0 Å². The van der Waals surface area contributed by atoms with E-state index in [-0.39, 0.29) is 17.7 Å². The molecule has 1 heterocycles. The van der Waals surface area contributed by atoms with Gasteiger partial charge < -0.3 is 20.5 Å². The Kier molecular flexibility index (Phi) is 5.61. The van der Waals surface area contributed by atoms with E-state index < -0.39 is 12.1 Å². The lowest BCUT2D eigenvalue weighted by Gasteiger charge is -2.15. The molecule has 146 valence electrons.